The Bertz CT molecular complexity index is 934. The molecular formula is C26H30FNO2. The van der Waals surface area contributed by atoms with Gasteiger partial charge in [0.15, 0.2) is 0 Å². The van der Waals surface area contributed by atoms with Gasteiger partial charge in [-0.3, -0.25) is 4.79 Å². The fourth-order valence-corrected chi connectivity index (χ4v) is 3.85. The summed E-state index contributed by atoms with van der Waals surface area (Å²) in [5, 5.41) is 11.4. The van der Waals surface area contributed by atoms with E-state index in [0.717, 1.165) is 57.3 Å². The molecule has 0 bridgehead atoms. The maximum atomic E-state index is 13.2. The van der Waals surface area contributed by atoms with Crippen LogP contribution < -0.4 is 0 Å². The van der Waals surface area contributed by atoms with E-state index in [1.165, 1.54) is 28.5 Å². The van der Waals surface area contributed by atoms with Crippen LogP contribution in [-0.2, 0) is 17.6 Å². The first-order valence-corrected chi connectivity index (χ1v) is 10.8. The predicted octanol–water partition coefficient (Wildman–Crippen LogP) is 5.71. The van der Waals surface area contributed by atoms with E-state index in [2.05, 4.69) is 47.4 Å². The molecule has 0 saturated heterocycles. The second kappa shape index (κ2) is 11.5. The molecule has 0 amide bonds. The van der Waals surface area contributed by atoms with Gasteiger partial charge >= 0.3 is 5.97 Å². The van der Waals surface area contributed by atoms with Crippen LogP contribution in [0.5, 0.6) is 0 Å². The van der Waals surface area contributed by atoms with Crippen molar-refractivity contribution in [2.45, 2.75) is 38.5 Å². The lowest BCUT2D eigenvalue weighted by Crippen LogP contribution is -2.29. The minimum absolute atomic E-state index is 0.204. The highest BCUT2D eigenvalue weighted by Gasteiger charge is 2.08. The van der Waals surface area contributed by atoms with Crippen LogP contribution in [0.15, 0.2) is 66.7 Å². The highest BCUT2D eigenvalue weighted by atomic mass is 19.1. The van der Waals surface area contributed by atoms with Crippen LogP contribution in [0.1, 0.15) is 36.8 Å². The average Bonchev–Trinajstić information content (AvgIpc) is 2.75. The lowest BCUT2D eigenvalue weighted by Gasteiger charge is -2.23. The third-order valence-corrected chi connectivity index (χ3v) is 5.57. The molecule has 158 valence electrons. The molecule has 0 atom stereocenters. The summed E-state index contributed by atoms with van der Waals surface area (Å²) < 4.78 is 13.2. The molecule has 3 rings (SSSR count). The van der Waals surface area contributed by atoms with Crippen LogP contribution in [0.2, 0.25) is 0 Å². The number of aliphatic carboxylic acids is 1. The van der Waals surface area contributed by atoms with Crippen LogP contribution in [0.3, 0.4) is 0 Å². The molecule has 4 heteroatoms. The quantitative estimate of drug-likeness (QED) is 0.391. The minimum atomic E-state index is -0.723. The number of hydrogen-bond acceptors (Lipinski definition) is 2. The summed E-state index contributed by atoms with van der Waals surface area (Å²) in [6.45, 7) is 2.81. The first kappa shape index (κ1) is 22.0. The van der Waals surface area contributed by atoms with Crippen molar-refractivity contribution in [2.24, 2.45) is 0 Å². The van der Waals surface area contributed by atoms with Crippen LogP contribution in [0, 0.1) is 5.82 Å². The van der Waals surface area contributed by atoms with Crippen molar-refractivity contribution in [3.8, 4) is 0 Å². The zero-order valence-corrected chi connectivity index (χ0v) is 17.4. The third kappa shape index (κ3) is 6.96. The van der Waals surface area contributed by atoms with Crippen LogP contribution in [-0.4, -0.2) is 35.6 Å². The van der Waals surface area contributed by atoms with Crippen LogP contribution in [0.25, 0.3) is 10.8 Å². The highest BCUT2D eigenvalue weighted by molar-refractivity contribution is 5.85. The summed E-state index contributed by atoms with van der Waals surface area (Å²) >= 11 is 0. The third-order valence-electron chi connectivity index (χ3n) is 5.57. The van der Waals surface area contributed by atoms with Crippen molar-refractivity contribution >= 4 is 16.7 Å². The van der Waals surface area contributed by atoms with Gasteiger partial charge in [0.1, 0.15) is 5.82 Å². The number of unbranched alkanes of at least 4 members (excludes halogenated alkanes) is 2. The monoisotopic (exact) mass is 407 g/mol. The maximum absolute atomic E-state index is 13.2. The summed E-state index contributed by atoms with van der Waals surface area (Å²) in [7, 11) is 0. The molecule has 30 heavy (non-hydrogen) atoms. The lowest BCUT2D eigenvalue weighted by atomic mass is 10.0. The summed E-state index contributed by atoms with van der Waals surface area (Å²) in [6, 6.07) is 21.7. The number of carboxylic acid groups (broad SMARTS) is 1. The van der Waals surface area contributed by atoms with Crippen molar-refractivity contribution in [1.82, 2.24) is 4.90 Å². The molecule has 3 aromatic rings. The van der Waals surface area contributed by atoms with Crippen molar-refractivity contribution in [3.05, 3.63) is 83.7 Å². The molecule has 0 aliphatic heterocycles. The van der Waals surface area contributed by atoms with Gasteiger partial charge in [-0.15, -0.1) is 0 Å². The summed E-state index contributed by atoms with van der Waals surface area (Å²) in [5.41, 5.74) is 2.49. The number of carbonyl (C=O) groups is 1. The van der Waals surface area contributed by atoms with E-state index in [1.54, 1.807) is 0 Å². The van der Waals surface area contributed by atoms with Gasteiger partial charge in [0.25, 0.3) is 0 Å². The minimum Gasteiger partial charge on any atom is -0.481 e. The Labute approximate surface area is 178 Å². The fraction of sp³-hybridized carbons (Fsp3) is 0.346. The normalized spacial score (nSPS) is 11.3. The Kier molecular flexibility index (Phi) is 8.40. The van der Waals surface area contributed by atoms with E-state index in [-0.39, 0.29) is 12.2 Å². The molecule has 0 heterocycles. The maximum Gasteiger partial charge on any atom is 0.303 e. The van der Waals surface area contributed by atoms with Gasteiger partial charge in [-0.1, -0.05) is 61.0 Å². The second-order valence-electron chi connectivity index (χ2n) is 7.81. The summed E-state index contributed by atoms with van der Waals surface area (Å²) in [4.78, 5) is 13.2. The molecular weight excluding hydrogens is 377 g/mol. The molecule has 0 aromatic heterocycles. The van der Waals surface area contributed by atoms with Gasteiger partial charge in [-0.2, -0.15) is 0 Å². The van der Waals surface area contributed by atoms with Gasteiger partial charge in [-0.25, -0.2) is 4.39 Å². The lowest BCUT2D eigenvalue weighted by molar-refractivity contribution is -0.137. The Morgan fingerprint density at radius 3 is 2.33 bits per heavy atom. The van der Waals surface area contributed by atoms with Gasteiger partial charge in [0.05, 0.1) is 0 Å². The molecule has 0 spiro atoms. The first-order valence-electron chi connectivity index (χ1n) is 10.8. The molecule has 3 nitrogen and oxygen atoms in total. The largest absolute Gasteiger partial charge is 0.481 e. The second-order valence-corrected chi connectivity index (χ2v) is 7.81. The molecule has 0 saturated carbocycles. The number of benzene rings is 3. The van der Waals surface area contributed by atoms with Crippen molar-refractivity contribution < 1.29 is 14.3 Å². The Hall–Kier alpha value is -2.72. The van der Waals surface area contributed by atoms with Crippen LogP contribution >= 0.6 is 0 Å². The van der Waals surface area contributed by atoms with Crippen molar-refractivity contribution in [2.75, 3.05) is 19.6 Å². The topological polar surface area (TPSA) is 40.5 Å². The number of rotatable bonds is 12. The van der Waals surface area contributed by atoms with Gasteiger partial charge in [0, 0.05) is 19.5 Å². The van der Waals surface area contributed by atoms with Gasteiger partial charge in [-0.05, 0) is 66.3 Å². The van der Waals surface area contributed by atoms with E-state index in [9.17, 15) is 9.18 Å². The number of halogens is 1. The van der Waals surface area contributed by atoms with E-state index in [0.29, 0.717) is 0 Å². The van der Waals surface area contributed by atoms with Crippen molar-refractivity contribution in [3.63, 3.8) is 0 Å². The molecule has 0 fully saturated rings. The highest BCUT2D eigenvalue weighted by Crippen LogP contribution is 2.19. The standard InChI is InChI=1S/C26H30FNO2/c27-24-14-12-21(13-15-24)16-19-28(18-5-1-2-11-26(29)30)20-17-23-9-6-8-22-7-3-4-10-25(22)23/h3-4,6-10,12-15H,1-2,5,11,16-20H2,(H,29,30). The Balaban J connectivity index is 1.58. The number of carboxylic acids is 1. The van der Waals surface area contributed by atoms with E-state index < -0.39 is 5.97 Å². The molecule has 1 N–H and O–H groups in total. The number of nitrogens with zero attached hydrogens (tertiary/aromatic N) is 1. The molecule has 0 unspecified atom stereocenters. The molecule has 0 radical (unpaired) electrons. The van der Waals surface area contributed by atoms with E-state index in [4.69, 9.17) is 5.11 Å². The first-order chi connectivity index (χ1) is 14.6. The summed E-state index contributed by atoms with van der Waals surface area (Å²) in [6.07, 6.45) is 4.74. The Morgan fingerprint density at radius 2 is 1.53 bits per heavy atom. The van der Waals surface area contributed by atoms with Crippen LogP contribution in [0.4, 0.5) is 4.39 Å². The van der Waals surface area contributed by atoms with Crippen molar-refractivity contribution in [1.29, 1.82) is 0 Å². The van der Waals surface area contributed by atoms with E-state index in [1.807, 2.05) is 12.1 Å². The fourth-order valence-electron chi connectivity index (χ4n) is 3.85. The number of hydrogen-bond donors (Lipinski definition) is 1. The SMILES string of the molecule is O=C(O)CCCCCN(CCc1ccc(F)cc1)CCc1cccc2ccccc12. The molecule has 0 aliphatic carbocycles. The van der Waals surface area contributed by atoms with Gasteiger partial charge < -0.3 is 10.0 Å². The zero-order valence-electron chi connectivity index (χ0n) is 17.4. The number of fused-ring (bicyclic) bond motifs is 1. The van der Waals surface area contributed by atoms with Gasteiger partial charge in [0.2, 0.25) is 0 Å². The molecule has 0 aliphatic rings. The molecule has 3 aromatic carbocycles. The van der Waals surface area contributed by atoms with E-state index >= 15 is 0 Å². The zero-order chi connectivity index (χ0) is 21.2. The average molecular weight is 408 g/mol. The predicted molar refractivity (Wildman–Crippen MR) is 120 cm³/mol. The Morgan fingerprint density at radius 1 is 0.800 bits per heavy atom. The smallest absolute Gasteiger partial charge is 0.303 e. The summed E-state index contributed by atoms with van der Waals surface area (Å²) in [5.74, 6) is -0.927.